The number of benzene rings is 3. The fourth-order valence-electron chi connectivity index (χ4n) is 2.65. The van der Waals surface area contributed by atoms with Crippen LogP contribution in [0.15, 0.2) is 78.4 Å². The number of carboxylic acids is 1. The van der Waals surface area contributed by atoms with Crippen LogP contribution in [0.1, 0.15) is 21.5 Å². The Hall–Kier alpha value is -4.44. The zero-order valence-electron chi connectivity index (χ0n) is 16.2. The lowest BCUT2D eigenvalue weighted by molar-refractivity contribution is -0.112. The van der Waals surface area contributed by atoms with Crippen LogP contribution in [0.3, 0.4) is 0 Å². The molecule has 0 heterocycles. The summed E-state index contributed by atoms with van der Waals surface area (Å²) in [7, 11) is 0. The Morgan fingerprint density at radius 3 is 2.32 bits per heavy atom. The van der Waals surface area contributed by atoms with Crippen molar-refractivity contribution in [2.75, 3.05) is 5.32 Å². The molecule has 7 heteroatoms. The van der Waals surface area contributed by atoms with Crippen LogP contribution in [0.25, 0.3) is 6.08 Å². The summed E-state index contributed by atoms with van der Waals surface area (Å²) in [4.78, 5) is 23.2. The van der Waals surface area contributed by atoms with Crippen LogP contribution in [-0.2, 0) is 11.4 Å². The third-order valence-electron chi connectivity index (χ3n) is 4.30. The Kier molecular flexibility index (Phi) is 6.76. The van der Waals surface area contributed by atoms with Crippen LogP contribution >= 0.6 is 0 Å². The molecule has 0 unspecified atom stereocenters. The molecule has 6 nitrogen and oxygen atoms in total. The maximum Gasteiger partial charge on any atom is 0.335 e. The van der Waals surface area contributed by atoms with Crippen LogP contribution in [0.5, 0.6) is 5.75 Å². The van der Waals surface area contributed by atoms with E-state index in [0.29, 0.717) is 22.6 Å². The normalized spacial score (nSPS) is 10.8. The van der Waals surface area contributed by atoms with E-state index in [4.69, 9.17) is 9.84 Å². The molecule has 31 heavy (non-hydrogen) atoms. The Morgan fingerprint density at radius 1 is 1.03 bits per heavy atom. The number of aromatic carboxylic acids is 1. The standard InChI is InChI=1S/C24H17FN2O4/c25-22-4-2-1-3-18(22)15-31-21-11-5-16(6-12-21)13-19(14-26)23(28)27-20-9-7-17(8-10-20)24(29)30/h1-13H,15H2,(H,27,28)(H,29,30)/b19-13+. The lowest BCUT2D eigenvalue weighted by atomic mass is 10.1. The second kappa shape index (κ2) is 9.85. The van der Waals surface area contributed by atoms with Gasteiger partial charge >= 0.3 is 5.97 Å². The topological polar surface area (TPSA) is 99.4 Å². The summed E-state index contributed by atoms with van der Waals surface area (Å²) < 4.78 is 19.2. The van der Waals surface area contributed by atoms with Gasteiger partial charge in [-0.1, -0.05) is 30.3 Å². The van der Waals surface area contributed by atoms with Crippen molar-refractivity contribution in [2.24, 2.45) is 0 Å². The average Bonchev–Trinajstić information content (AvgIpc) is 2.78. The maximum atomic E-state index is 13.6. The lowest BCUT2D eigenvalue weighted by Gasteiger charge is -2.08. The number of hydrogen-bond donors (Lipinski definition) is 2. The molecular weight excluding hydrogens is 399 g/mol. The molecule has 0 saturated heterocycles. The molecule has 0 spiro atoms. The molecule has 0 aliphatic carbocycles. The molecule has 0 atom stereocenters. The van der Waals surface area contributed by atoms with Crippen LogP contribution in [0, 0.1) is 17.1 Å². The van der Waals surface area contributed by atoms with Gasteiger partial charge in [-0.3, -0.25) is 4.79 Å². The zero-order chi connectivity index (χ0) is 22.2. The van der Waals surface area contributed by atoms with Gasteiger partial charge in [0.15, 0.2) is 0 Å². The number of ether oxygens (including phenoxy) is 1. The van der Waals surface area contributed by atoms with Crippen LogP contribution in [0.2, 0.25) is 0 Å². The van der Waals surface area contributed by atoms with E-state index in [2.05, 4.69) is 5.32 Å². The van der Waals surface area contributed by atoms with Crippen molar-refractivity contribution in [3.05, 3.63) is 101 Å². The van der Waals surface area contributed by atoms with E-state index in [0.717, 1.165) is 0 Å². The largest absolute Gasteiger partial charge is 0.489 e. The molecule has 0 saturated carbocycles. The van der Waals surface area contributed by atoms with Crippen molar-refractivity contribution in [1.29, 1.82) is 5.26 Å². The summed E-state index contributed by atoms with van der Waals surface area (Å²) in [5.74, 6) is -1.52. The molecule has 3 aromatic carbocycles. The van der Waals surface area contributed by atoms with Crippen molar-refractivity contribution < 1.29 is 23.8 Å². The minimum atomic E-state index is -1.07. The van der Waals surface area contributed by atoms with E-state index >= 15 is 0 Å². The molecule has 0 fully saturated rings. The Balaban J connectivity index is 1.64. The summed E-state index contributed by atoms with van der Waals surface area (Å²) in [6.07, 6.45) is 1.42. The second-order valence-corrected chi connectivity index (χ2v) is 6.46. The van der Waals surface area contributed by atoms with Gasteiger partial charge in [-0.2, -0.15) is 5.26 Å². The van der Waals surface area contributed by atoms with Gasteiger partial charge in [0.05, 0.1) is 5.56 Å². The monoisotopic (exact) mass is 416 g/mol. The molecule has 1 amide bonds. The van der Waals surface area contributed by atoms with E-state index in [9.17, 15) is 19.2 Å². The number of amides is 1. The molecule has 0 bridgehead atoms. The average molecular weight is 416 g/mol. The second-order valence-electron chi connectivity index (χ2n) is 6.46. The quantitative estimate of drug-likeness (QED) is 0.431. The van der Waals surface area contributed by atoms with E-state index in [-0.39, 0.29) is 23.6 Å². The number of carboxylic acid groups (broad SMARTS) is 1. The summed E-state index contributed by atoms with van der Waals surface area (Å²) in [6.45, 7) is 0.0778. The van der Waals surface area contributed by atoms with Crippen LogP contribution < -0.4 is 10.1 Å². The number of carbonyl (C=O) groups is 2. The van der Waals surface area contributed by atoms with Crippen molar-refractivity contribution in [3.8, 4) is 11.8 Å². The first-order valence-electron chi connectivity index (χ1n) is 9.19. The van der Waals surface area contributed by atoms with Crippen molar-refractivity contribution in [2.45, 2.75) is 6.61 Å². The van der Waals surface area contributed by atoms with E-state index in [1.165, 1.54) is 36.4 Å². The van der Waals surface area contributed by atoms with Crippen LogP contribution in [0.4, 0.5) is 10.1 Å². The number of carbonyl (C=O) groups excluding carboxylic acids is 1. The highest BCUT2D eigenvalue weighted by Gasteiger charge is 2.10. The van der Waals surface area contributed by atoms with E-state index < -0.39 is 11.9 Å². The first-order valence-corrected chi connectivity index (χ1v) is 9.19. The highest BCUT2D eigenvalue weighted by Crippen LogP contribution is 2.18. The summed E-state index contributed by atoms with van der Waals surface area (Å²) in [6, 6.07) is 20.4. The fourth-order valence-corrected chi connectivity index (χ4v) is 2.65. The van der Waals surface area contributed by atoms with Gasteiger partial charge in [0, 0.05) is 11.3 Å². The van der Waals surface area contributed by atoms with Crippen molar-refractivity contribution >= 4 is 23.6 Å². The van der Waals surface area contributed by atoms with Gasteiger partial charge < -0.3 is 15.2 Å². The van der Waals surface area contributed by atoms with E-state index in [1.807, 2.05) is 6.07 Å². The number of halogens is 1. The Bertz CT molecular complexity index is 1160. The molecule has 3 rings (SSSR count). The predicted octanol–water partition coefficient (Wildman–Crippen LogP) is 4.65. The van der Waals surface area contributed by atoms with Crippen molar-refractivity contribution in [1.82, 2.24) is 0 Å². The molecule has 3 aromatic rings. The van der Waals surface area contributed by atoms with Gasteiger partial charge in [0.25, 0.3) is 5.91 Å². The van der Waals surface area contributed by atoms with Crippen LogP contribution in [-0.4, -0.2) is 17.0 Å². The Labute approximate surface area is 177 Å². The zero-order valence-corrected chi connectivity index (χ0v) is 16.2. The molecule has 0 radical (unpaired) electrons. The number of nitrogens with zero attached hydrogens (tertiary/aromatic N) is 1. The van der Waals surface area contributed by atoms with Gasteiger partial charge in [0.2, 0.25) is 0 Å². The number of rotatable bonds is 7. The van der Waals surface area contributed by atoms with Crippen molar-refractivity contribution in [3.63, 3.8) is 0 Å². The first-order chi connectivity index (χ1) is 15.0. The smallest absolute Gasteiger partial charge is 0.335 e. The highest BCUT2D eigenvalue weighted by atomic mass is 19.1. The number of nitrogens with one attached hydrogen (secondary N) is 1. The van der Waals surface area contributed by atoms with Gasteiger partial charge in [-0.25, -0.2) is 9.18 Å². The predicted molar refractivity (Wildman–Crippen MR) is 113 cm³/mol. The van der Waals surface area contributed by atoms with Gasteiger partial charge in [0.1, 0.15) is 29.8 Å². The molecule has 0 aliphatic rings. The SMILES string of the molecule is N#C/C(=C\c1ccc(OCc2ccccc2F)cc1)C(=O)Nc1ccc(C(=O)O)cc1. The third-order valence-corrected chi connectivity index (χ3v) is 4.30. The van der Waals surface area contributed by atoms with Gasteiger partial charge in [-0.15, -0.1) is 0 Å². The minimum Gasteiger partial charge on any atom is -0.489 e. The molecule has 0 aromatic heterocycles. The highest BCUT2D eigenvalue weighted by molar-refractivity contribution is 6.09. The summed E-state index contributed by atoms with van der Waals surface area (Å²) in [5, 5.41) is 20.8. The van der Waals surface area contributed by atoms with E-state index in [1.54, 1.807) is 42.5 Å². The summed E-state index contributed by atoms with van der Waals surface area (Å²) >= 11 is 0. The Morgan fingerprint density at radius 2 is 1.71 bits per heavy atom. The lowest BCUT2D eigenvalue weighted by Crippen LogP contribution is -2.13. The third kappa shape index (κ3) is 5.78. The minimum absolute atomic E-state index is 0.0778. The molecule has 154 valence electrons. The fraction of sp³-hybridized carbons (Fsp3) is 0.0417. The number of anilines is 1. The number of nitriles is 1. The molecule has 0 aliphatic heterocycles. The van der Waals surface area contributed by atoms with Gasteiger partial charge in [-0.05, 0) is 54.1 Å². The molecular formula is C24H17FN2O4. The first kappa shape index (κ1) is 21.3. The number of hydrogen-bond acceptors (Lipinski definition) is 4. The summed E-state index contributed by atoms with van der Waals surface area (Å²) in [5.41, 5.74) is 1.37. The maximum absolute atomic E-state index is 13.6. The molecule has 2 N–H and O–H groups in total.